The molecule has 0 radical (unpaired) electrons. The van der Waals surface area contributed by atoms with Crippen molar-refractivity contribution in [2.45, 2.75) is 33.1 Å². The second-order valence-corrected chi connectivity index (χ2v) is 6.31. The SMILES string of the molecule is CC(=O)Nc1ccc(NC(=O)CCCc2nc3ccccc3[nH]2)cc1C. The lowest BCUT2D eigenvalue weighted by Gasteiger charge is -2.10. The van der Waals surface area contributed by atoms with E-state index in [-0.39, 0.29) is 11.8 Å². The van der Waals surface area contributed by atoms with Gasteiger partial charge in [0.15, 0.2) is 0 Å². The van der Waals surface area contributed by atoms with Crippen molar-refractivity contribution in [3.8, 4) is 0 Å². The number of carbonyl (C=O) groups is 2. The van der Waals surface area contributed by atoms with E-state index in [9.17, 15) is 9.59 Å². The first-order valence-electron chi connectivity index (χ1n) is 8.63. The van der Waals surface area contributed by atoms with Crippen molar-refractivity contribution >= 4 is 34.2 Å². The van der Waals surface area contributed by atoms with Gasteiger partial charge in [-0.25, -0.2) is 4.98 Å². The Morgan fingerprint density at radius 2 is 1.92 bits per heavy atom. The molecule has 0 aliphatic carbocycles. The van der Waals surface area contributed by atoms with Crippen molar-refractivity contribution in [2.75, 3.05) is 10.6 Å². The third kappa shape index (κ3) is 4.47. The van der Waals surface area contributed by atoms with Crippen LogP contribution in [0.5, 0.6) is 0 Å². The standard InChI is InChI=1S/C20H22N4O2/c1-13-12-15(10-11-16(13)21-14(2)25)22-20(26)9-5-8-19-23-17-6-3-4-7-18(17)24-19/h3-4,6-7,10-12H,5,8-9H2,1-2H3,(H,21,25)(H,22,26)(H,23,24). The van der Waals surface area contributed by atoms with Gasteiger partial charge in [0.25, 0.3) is 0 Å². The minimum absolute atomic E-state index is 0.0345. The molecule has 0 saturated carbocycles. The molecule has 1 aromatic heterocycles. The van der Waals surface area contributed by atoms with Crippen LogP contribution in [-0.4, -0.2) is 21.8 Å². The molecule has 0 saturated heterocycles. The molecule has 6 heteroatoms. The van der Waals surface area contributed by atoms with Gasteiger partial charge in [-0.2, -0.15) is 0 Å². The van der Waals surface area contributed by atoms with E-state index in [1.165, 1.54) is 6.92 Å². The molecule has 3 aromatic rings. The molecule has 2 amide bonds. The van der Waals surface area contributed by atoms with Crippen molar-refractivity contribution in [3.63, 3.8) is 0 Å². The Morgan fingerprint density at radius 1 is 1.12 bits per heavy atom. The molecule has 0 unspecified atom stereocenters. The largest absolute Gasteiger partial charge is 0.342 e. The fraction of sp³-hybridized carbons (Fsp3) is 0.250. The monoisotopic (exact) mass is 350 g/mol. The zero-order valence-corrected chi connectivity index (χ0v) is 14.9. The summed E-state index contributed by atoms with van der Waals surface area (Å²) in [5.74, 6) is 0.748. The normalized spacial score (nSPS) is 10.7. The molecule has 0 bridgehead atoms. The van der Waals surface area contributed by atoms with Crippen LogP contribution in [0.15, 0.2) is 42.5 Å². The summed E-state index contributed by atoms with van der Waals surface area (Å²) in [6, 6.07) is 13.3. The number of aryl methyl sites for hydroxylation is 2. The third-order valence-electron chi connectivity index (χ3n) is 4.08. The molecule has 134 valence electrons. The number of imidazole rings is 1. The van der Waals surface area contributed by atoms with Crippen LogP contribution in [0.4, 0.5) is 11.4 Å². The summed E-state index contributed by atoms with van der Waals surface area (Å²) in [7, 11) is 0. The first-order valence-corrected chi connectivity index (χ1v) is 8.63. The van der Waals surface area contributed by atoms with Gasteiger partial charge in [0.05, 0.1) is 11.0 Å². The second-order valence-electron chi connectivity index (χ2n) is 6.31. The molecule has 0 aliphatic heterocycles. The first kappa shape index (κ1) is 17.7. The van der Waals surface area contributed by atoms with Crippen LogP contribution in [0.2, 0.25) is 0 Å². The van der Waals surface area contributed by atoms with Crippen molar-refractivity contribution in [2.24, 2.45) is 0 Å². The van der Waals surface area contributed by atoms with Gasteiger partial charge in [0.1, 0.15) is 5.82 Å². The fourth-order valence-corrected chi connectivity index (χ4v) is 2.84. The van der Waals surface area contributed by atoms with Crippen LogP contribution in [-0.2, 0) is 16.0 Å². The summed E-state index contributed by atoms with van der Waals surface area (Å²) in [5.41, 5.74) is 4.34. The molecule has 0 aliphatic rings. The number of aromatic amines is 1. The van der Waals surface area contributed by atoms with Crippen LogP contribution in [0.25, 0.3) is 11.0 Å². The molecular formula is C20H22N4O2. The lowest BCUT2D eigenvalue weighted by atomic mass is 10.1. The highest BCUT2D eigenvalue weighted by molar-refractivity contribution is 5.93. The molecular weight excluding hydrogens is 328 g/mol. The van der Waals surface area contributed by atoms with Crippen LogP contribution in [0.1, 0.15) is 31.2 Å². The van der Waals surface area contributed by atoms with Crippen molar-refractivity contribution in [1.82, 2.24) is 9.97 Å². The second kappa shape index (κ2) is 7.82. The average Bonchev–Trinajstić information content (AvgIpc) is 2.99. The van der Waals surface area contributed by atoms with Crippen molar-refractivity contribution in [3.05, 3.63) is 53.9 Å². The summed E-state index contributed by atoms with van der Waals surface area (Å²) >= 11 is 0. The zero-order chi connectivity index (χ0) is 18.5. The highest BCUT2D eigenvalue weighted by Gasteiger charge is 2.07. The predicted molar refractivity (Wildman–Crippen MR) is 103 cm³/mol. The average molecular weight is 350 g/mol. The first-order chi connectivity index (χ1) is 12.5. The number of carbonyl (C=O) groups excluding carboxylic acids is 2. The number of hydrogen-bond acceptors (Lipinski definition) is 3. The lowest BCUT2D eigenvalue weighted by molar-refractivity contribution is -0.116. The maximum absolute atomic E-state index is 12.1. The summed E-state index contributed by atoms with van der Waals surface area (Å²) in [4.78, 5) is 31.1. The number of nitrogens with zero attached hydrogens (tertiary/aromatic N) is 1. The predicted octanol–water partition coefficient (Wildman–Crippen LogP) is 3.79. The fourth-order valence-electron chi connectivity index (χ4n) is 2.84. The molecule has 3 N–H and O–H groups in total. The van der Waals surface area contributed by atoms with Crippen LogP contribution in [0, 0.1) is 6.92 Å². The van der Waals surface area contributed by atoms with E-state index < -0.39 is 0 Å². The molecule has 2 aromatic carbocycles. The molecule has 1 heterocycles. The van der Waals surface area contributed by atoms with E-state index in [1.807, 2.05) is 37.3 Å². The lowest BCUT2D eigenvalue weighted by Crippen LogP contribution is -2.12. The maximum atomic E-state index is 12.1. The van der Waals surface area contributed by atoms with E-state index >= 15 is 0 Å². The summed E-state index contributed by atoms with van der Waals surface area (Å²) in [5, 5.41) is 5.65. The highest BCUT2D eigenvalue weighted by Crippen LogP contribution is 2.20. The van der Waals surface area contributed by atoms with Gasteiger partial charge in [-0.05, 0) is 49.2 Å². The number of aromatic nitrogens is 2. The number of hydrogen-bond donors (Lipinski definition) is 3. The zero-order valence-electron chi connectivity index (χ0n) is 14.9. The Balaban J connectivity index is 1.50. The highest BCUT2D eigenvalue weighted by atomic mass is 16.2. The Labute approximate surface area is 152 Å². The number of benzene rings is 2. The minimum atomic E-state index is -0.115. The Hall–Kier alpha value is -3.15. The summed E-state index contributed by atoms with van der Waals surface area (Å²) in [6.07, 6.45) is 1.86. The van der Waals surface area contributed by atoms with Gasteiger partial charge in [0, 0.05) is 31.1 Å². The Kier molecular flexibility index (Phi) is 5.31. The van der Waals surface area contributed by atoms with Gasteiger partial charge in [-0.1, -0.05) is 12.1 Å². The smallest absolute Gasteiger partial charge is 0.224 e. The summed E-state index contributed by atoms with van der Waals surface area (Å²) < 4.78 is 0. The Bertz CT molecular complexity index is 913. The minimum Gasteiger partial charge on any atom is -0.342 e. The third-order valence-corrected chi connectivity index (χ3v) is 4.08. The molecule has 26 heavy (non-hydrogen) atoms. The van der Waals surface area contributed by atoms with E-state index in [0.717, 1.165) is 40.2 Å². The van der Waals surface area contributed by atoms with Crippen LogP contribution >= 0.6 is 0 Å². The number of H-pyrrole nitrogens is 1. The molecule has 3 rings (SSSR count). The molecule has 0 fully saturated rings. The van der Waals surface area contributed by atoms with E-state index in [1.54, 1.807) is 12.1 Å². The quantitative estimate of drug-likeness (QED) is 0.632. The number of para-hydroxylation sites is 2. The summed E-state index contributed by atoms with van der Waals surface area (Å²) in [6.45, 7) is 3.36. The topological polar surface area (TPSA) is 86.9 Å². The van der Waals surface area contributed by atoms with Gasteiger partial charge < -0.3 is 15.6 Å². The number of anilines is 2. The maximum Gasteiger partial charge on any atom is 0.224 e. The number of nitrogens with one attached hydrogen (secondary N) is 3. The van der Waals surface area contributed by atoms with E-state index in [4.69, 9.17) is 0 Å². The van der Waals surface area contributed by atoms with Crippen LogP contribution < -0.4 is 10.6 Å². The molecule has 0 spiro atoms. The molecule has 0 atom stereocenters. The molecule has 6 nitrogen and oxygen atoms in total. The van der Waals surface area contributed by atoms with Gasteiger partial charge in [0.2, 0.25) is 11.8 Å². The number of amides is 2. The van der Waals surface area contributed by atoms with Crippen molar-refractivity contribution < 1.29 is 9.59 Å². The number of fused-ring (bicyclic) bond motifs is 1. The van der Waals surface area contributed by atoms with E-state index in [0.29, 0.717) is 12.8 Å². The van der Waals surface area contributed by atoms with Crippen LogP contribution in [0.3, 0.4) is 0 Å². The van der Waals surface area contributed by atoms with Gasteiger partial charge in [-0.15, -0.1) is 0 Å². The van der Waals surface area contributed by atoms with E-state index in [2.05, 4.69) is 20.6 Å². The Morgan fingerprint density at radius 3 is 2.65 bits per heavy atom. The number of rotatable bonds is 6. The van der Waals surface area contributed by atoms with Crippen molar-refractivity contribution in [1.29, 1.82) is 0 Å². The van der Waals surface area contributed by atoms with Gasteiger partial charge in [-0.3, -0.25) is 9.59 Å². The van der Waals surface area contributed by atoms with Gasteiger partial charge >= 0.3 is 0 Å².